The summed E-state index contributed by atoms with van der Waals surface area (Å²) in [4.78, 5) is 16.9. The largest absolute Gasteiger partial charge is 0.454 e. The van der Waals surface area contributed by atoms with Gasteiger partial charge in [0.15, 0.2) is 11.5 Å². The molecule has 28 heavy (non-hydrogen) atoms. The van der Waals surface area contributed by atoms with Gasteiger partial charge in [-0.3, -0.25) is 9.78 Å². The number of benzene rings is 2. The first kappa shape index (κ1) is 17.9. The molecule has 4 rings (SSSR count). The van der Waals surface area contributed by atoms with Crippen LogP contribution in [0.5, 0.6) is 11.5 Å². The summed E-state index contributed by atoms with van der Waals surface area (Å²) in [6.07, 6.45) is 3.22. The Morgan fingerprint density at radius 1 is 0.929 bits per heavy atom. The second-order valence-electron chi connectivity index (χ2n) is 6.88. The molecule has 0 bridgehead atoms. The lowest BCUT2D eigenvalue weighted by atomic mass is 10.0. The zero-order chi connectivity index (χ0) is 19.7. The first-order chi connectivity index (χ1) is 13.5. The zero-order valence-corrected chi connectivity index (χ0v) is 16.0. The average molecular weight is 375 g/mol. The predicted molar refractivity (Wildman–Crippen MR) is 109 cm³/mol. The molecule has 6 heteroatoms. The number of nitrogens with zero attached hydrogens (tertiary/aromatic N) is 1. The highest BCUT2D eigenvalue weighted by molar-refractivity contribution is 6.05. The van der Waals surface area contributed by atoms with Crippen LogP contribution >= 0.6 is 0 Å². The van der Waals surface area contributed by atoms with E-state index in [4.69, 9.17) is 9.47 Å². The van der Waals surface area contributed by atoms with Gasteiger partial charge in [-0.25, -0.2) is 0 Å². The Labute approximate surface area is 163 Å². The summed E-state index contributed by atoms with van der Waals surface area (Å²) < 4.78 is 10.7. The van der Waals surface area contributed by atoms with Gasteiger partial charge in [0.1, 0.15) is 0 Å². The highest BCUT2D eigenvalue weighted by Crippen LogP contribution is 2.35. The van der Waals surface area contributed by atoms with Crippen LogP contribution in [0.2, 0.25) is 0 Å². The van der Waals surface area contributed by atoms with Crippen molar-refractivity contribution in [2.75, 3.05) is 17.4 Å². The Balaban J connectivity index is 1.53. The number of aromatic nitrogens is 1. The summed E-state index contributed by atoms with van der Waals surface area (Å²) in [6, 6.07) is 11.5. The average Bonchev–Trinajstić information content (AvgIpc) is 3.12. The number of nitrogens with one attached hydrogen (secondary N) is 2. The number of anilines is 3. The monoisotopic (exact) mass is 375 g/mol. The number of hydrogen-bond donors (Lipinski definition) is 2. The van der Waals surface area contributed by atoms with Crippen molar-refractivity contribution in [3.05, 3.63) is 71.0 Å². The summed E-state index contributed by atoms with van der Waals surface area (Å²) in [6.45, 7) is 6.26. The molecule has 0 unspecified atom stereocenters. The zero-order valence-electron chi connectivity index (χ0n) is 16.0. The van der Waals surface area contributed by atoms with Crippen LogP contribution in [-0.2, 0) is 0 Å². The van der Waals surface area contributed by atoms with Gasteiger partial charge >= 0.3 is 0 Å². The van der Waals surface area contributed by atoms with E-state index in [2.05, 4.69) is 27.8 Å². The van der Waals surface area contributed by atoms with Crippen molar-refractivity contribution in [2.45, 2.75) is 20.8 Å². The van der Waals surface area contributed by atoms with Crippen LogP contribution in [0.4, 0.5) is 17.1 Å². The smallest absolute Gasteiger partial charge is 0.257 e. The van der Waals surface area contributed by atoms with Crippen molar-refractivity contribution >= 4 is 23.0 Å². The Morgan fingerprint density at radius 2 is 1.68 bits per heavy atom. The van der Waals surface area contributed by atoms with Gasteiger partial charge < -0.3 is 20.1 Å². The molecular formula is C22H21N3O3. The quantitative estimate of drug-likeness (QED) is 0.690. The fraction of sp³-hybridized carbons (Fsp3) is 0.182. The lowest BCUT2D eigenvalue weighted by molar-refractivity contribution is 0.102. The number of carbonyl (C=O) groups excluding carboxylic acids is 1. The molecule has 1 aliphatic rings. The molecule has 0 saturated carbocycles. The minimum absolute atomic E-state index is 0.197. The van der Waals surface area contributed by atoms with Gasteiger partial charge in [0, 0.05) is 23.6 Å². The molecule has 0 fully saturated rings. The number of hydrogen-bond acceptors (Lipinski definition) is 5. The molecular weight excluding hydrogens is 354 g/mol. The standard InChI is InChI=1S/C22H21N3O3/c1-13-6-14(2)21(15(3)7-13)25-22(26)16-8-18(11-23-10-16)24-17-4-5-19-20(9-17)28-12-27-19/h4-11,24H,12H2,1-3H3,(H,25,26). The summed E-state index contributed by atoms with van der Waals surface area (Å²) in [7, 11) is 0. The predicted octanol–water partition coefficient (Wildman–Crippen LogP) is 4.73. The van der Waals surface area contributed by atoms with Gasteiger partial charge in [-0.2, -0.15) is 0 Å². The van der Waals surface area contributed by atoms with Gasteiger partial charge in [0.2, 0.25) is 6.79 Å². The van der Waals surface area contributed by atoms with Gasteiger partial charge in [-0.1, -0.05) is 17.7 Å². The van der Waals surface area contributed by atoms with Gasteiger partial charge in [0.05, 0.1) is 17.4 Å². The number of fused-ring (bicyclic) bond motifs is 1. The highest BCUT2D eigenvalue weighted by atomic mass is 16.7. The first-order valence-corrected chi connectivity index (χ1v) is 9.00. The van der Waals surface area contributed by atoms with Crippen LogP contribution in [-0.4, -0.2) is 17.7 Å². The van der Waals surface area contributed by atoms with Crippen LogP contribution in [0.3, 0.4) is 0 Å². The van der Waals surface area contributed by atoms with Crippen molar-refractivity contribution in [3.63, 3.8) is 0 Å². The van der Waals surface area contributed by atoms with Crippen LogP contribution in [0.1, 0.15) is 27.0 Å². The topological polar surface area (TPSA) is 72.5 Å². The normalized spacial score (nSPS) is 12.0. The molecule has 3 aromatic rings. The summed E-state index contributed by atoms with van der Waals surface area (Å²) in [5, 5.41) is 6.25. The lowest BCUT2D eigenvalue weighted by Gasteiger charge is -2.13. The third-order valence-electron chi connectivity index (χ3n) is 4.58. The molecule has 1 aliphatic heterocycles. The third-order valence-corrected chi connectivity index (χ3v) is 4.58. The second kappa shape index (κ2) is 7.23. The summed E-state index contributed by atoms with van der Waals surface area (Å²) in [5.41, 5.74) is 6.10. The SMILES string of the molecule is Cc1cc(C)c(NC(=O)c2cncc(Nc3ccc4c(c3)OCO4)c2)c(C)c1. The van der Waals surface area contributed by atoms with Gasteiger partial charge in [0.25, 0.3) is 5.91 Å². The van der Waals surface area contributed by atoms with Crippen LogP contribution in [0.25, 0.3) is 0 Å². The van der Waals surface area contributed by atoms with Crippen molar-refractivity contribution in [2.24, 2.45) is 0 Å². The number of rotatable bonds is 4. The van der Waals surface area contributed by atoms with E-state index >= 15 is 0 Å². The van der Waals surface area contributed by atoms with E-state index in [1.165, 1.54) is 5.56 Å². The molecule has 0 spiro atoms. The Morgan fingerprint density at radius 3 is 2.46 bits per heavy atom. The van der Waals surface area contributed by atoms with Crippen molar-refractivity contribution in [1.29, 1.82) is 0 Å². The number of carbonyl (C=O) groups is 1. The van der Waals surface area contributed by atoms with E-state index in [9.17, 15) is 4.79 Å². The molecule has 2 aromatic carbocycles. The van der Waals surface area contributed by atoms with Crippen LogP contribution in [0.15, 0.2) is 48.8 Å². The maximum absolute atomic E-state index is 12.7. The van der Waals surface area contributed by atoms with Crippen molar-refractivity contribution in [1.82, 2.24) is 4.98 Å². The van der Waals surface area contributed by atoms with E-state index in [0.29, 0.717) is 17.0 Å². The Bertz CT molecular complexity index is 1040. The number of pyridine rings is 1. The second-order valence-corrected chi connectivity index (χ2v) is 6.88. The summed E-state index contributed by atoms with van der Waals surface area (Å²) in [5.74, 6) is 1.22. The fourth-order valence-electron chi connectivity index (χ4n) is 3.34. The van der Waals surface area contributed by atoms with Crippen molar-refractivity contribution in [3.8, 4) is 11.5 Å². The molecule has 1 aromatic heterocycles. The van der Waals surface area contributed by atoms with E-state index < -0.39 is 0 Å². The molecule has 0 atom stereocenters. The number of aryl methyl sites for hydroxylation is 3. The van der Waals surface area contributed by atoms with Crippen LogP contribution < -0.4 is 20.1 Å². The lowest BCUT2D eigenvalue weighted by Crippen LogP contribution is -2.14. The molecule has 1 amide bonds. The van der Waals surface area contributed by atoms with Gasteiger partial charge in [-0.15, -0.1) is 0 Å². The van der Waals surface area contributed by atoms with E-state index in [0.717, 1.165) is 28.3 Å². The Kier molecular flexibility index (Phi) is 4.61. The molecule has 142 valence electrons. The molecule has 2 heterocycles. The molecule has 6 nitrogen and oxygen atoms in total. The van der Waals surface area contributed by atoms with E-state index in [-0.39, 0.29) is 12.7 Å². The molecule has 2 N–H and O–H groups in total. The van der Waals surface area contributed by atoms with E-state index in [1.807, 2.05) is 39.0 Å². The maximum atomic E-state index is 12.7. The maximum Gasteiger partial charge on any atom is 0.257 e. The molecule has 0 saturated heterocycles. The third kappa shape index (κ3) is 3.62. The first-order valence-electron chi connectivity index (χ1n) is 9.00. The van der Waals surface area contributed by atoms with Crippen molar-refractivity contribution < 1.29 is 14.3 Å². The van der Waals surface area contributed by atoms with Crippen LogP contribution in [0, 0.1) is 20.8 Å². The molecule has 0 aliphatic carbocycles. The fourth-order valence-corrected chi connectivity index (χ4v) is 3.34. The Hall–Kier alpha value is -3.54. The number of amides is 1. The molecule has 0 radical (unpaired) electrons. The number of ether oxygens (including phenoxy) is 2. The summed E-state index contributed by atoms with van der Waals surface area (Å²) >= 11 is 0. The highest BCUT2D eigenvalue weighted by Gasteiger charge is 2.14. The minimum Gasteiger partial charge on any atom is -0.454 e. The minimum atomic E-state index is -0.197. The van der Waals surface area contributed by atoms with E-state index in [1.54, 1.807) is 18.5 Å². The van der Waals surface area contributed by atoms with Gasteiger partial charge in [-0.05, 0) is 50.1 Å².